The summed E-state index contributed by atoms with van der Waals surface area (Å²) in [7, 11) is -1.41. The Kier molecular flexibility index (Phi) is 7.78. The lowest BCUT2D eigenvalue weighted by atomic mass is 10.2. The van der Waals surface area contributed by atoms with E-state index in [9.17, 15) is 13.8 Å². The lowest BCUT2D eigenvalue weighted by molar-refractivity contribution is -0.140. The van der Waals surface area contributed by atoms with Gasteiger partial charge in [-0.25, -0.2) is 0 Å². The molecule has 17 heavy (non-hydrogen) atoms. The standard InChI is InChI=1S/C11H21NO4S/c1-4-9(5-2)12-10(13)7-17(16)6-8(3)11(14)15/h8-9H,4-7H2,1-3H3,(H,12,13)(H,14,15). The number of carboxylic acids is 1. The Morgan fingerprint density at radius 1 is 1.29 bits per heavy atom. The molecule has 0 aliphatic rings. The highest BCUT2D eigenvalue weighted by Crippen LogP contribution is 2.00. The molecule has 0 aromatic heterocycles. The van der Waals surface area contributed by atoms with E-state index in [0.29, 0.717) is 0 Å². The second-order valence-corrected chi connectivity index (χ2v) is 5.57. The highest BCUT2D eigenvalue weighted by molar-refractivity contribution is 7.85. The maximum atomic E-state index is 11.5. The van der Waals surface area contributed by atoms with E-state index in [1.54, 1.807) is 0 Å². The van der Waals surface area contributed by atoms with Crippen LogP contribution in [0.5, 0.6) is 0 Å². The third kappa shape index (κ3) is 7.10. The molecule has 0 saturated carbocycles. The van der Waals surface area contributed by atoms with Crippen LogP contribution in [-0.2, 0) is 20.4 Å². The zero-order valence-corrected chi connectivity index (χ0v) is 11.4. The number of hydrogen-bond donors (Lipinski definition) is 2. The van der Waals surface area contributed by atoms with E-state index in [0.717, 1.165) is 12.8 Å². The summed E-state index contributed by atoms with van der Waals surface area (Å²) in [5.41, 5.74) is 0. The van der Waals surface area contributed by atoms with Crippen LogP contribution in [0.1, 0.15) is 33.6 Å². The van der Waals surface area contributed by atoms with Crippen LogP contribution in [0.15, 0.2) is 0 Å². The van der Waals surface area contributed by atoms with Gasteiger partial charge in [0.1, 0.15) is 5.75 Å². The second-order valence-electron chi connectivity index (χ2n) is 4.07. The molecule has 2 atom stereocenters. The zero-order valence-electron chi connectivity index (χ0n) is 10.6. The van der Waals surface area contributed by atoms with Gasteiger partial charge in [0, 0.05) is 22.6 Å². The lowest BCUT2D eigenvalue weighted by Gasteiger charge is -2.14. The maximum Gasteiger partial charge on any atom is 0.307 e. The van der Waals surface area contributed by atoms with Crippen LogP contribution in [0.3, 0.4) is 0 Å². The fourth-order valence-corrected chi connectivity index (χ4v) is 2.51. The van der Waals surface area contributed by atoms with Crippen molar-refractivity contribution in [1.82, 2.24) is 5.32 Å². The van der Waals surface area contributed by atoms with Crippen LogP contribution in [0.4, 0.5) is 0 Å². The molecule has 5 nitrogen and oxygen atoms in total. The van der Waals surface area contributed by atoms with E-state index in [-0.39, 0.29) is 23.5 Å². The Hall–Kier alpha value is -0.910. The number of carbonyl (C=O) groups excluding carboxylic acids is 1. The van der Waals surface area contributed by atoms with Crippen molar-refractivity contribution in [3.63, 3.8) is 0 Å². The Morgan fingerprint density at radius 3 is 2.24 bits per heavy atom. The van der Waals surface area contributed by atoms with Gasteiger partial charge in [-0.2, -0.15) is 0 Å². The Morgan fingerprint density at radius 2 is 1.82 bits per heavy atom. The number of rotatable bonds is 8. The highest BCUT2D eigenvalue weighted by Gasteiger charge is 2.17. The molecule has 0 spiro atoms. The average molecular weight is 263 g/mol. The first-order valence-electron chi connectivity index (χ1n) is 5.77. The van der Waals surface area contributed by atoms with Crippen molar-refractivity contribution in [2.24, 2.45) is 5.92 Å². The van der Waals surface area contributed by atoms with Crippen LogP contribution in [0, 0.1) is 5.92 Å². The van der Waals surface area contributed by atoms with Crippen LogP contribution in [0.2, 0.25) is 0 Å². The summed E-state index contributed by atoms with van der Waals surface area (Å²) in [5, 5.41) is 11.4. The monoisotopic (exact) mass is 263 g/mol. The largest absolute Gasteiger partial charge is 0.481 e. The number of carbonyl (C=O) groups is 2. The van der Waals surface area contributed by atoms with Gasteiger partial charge in [0.15, 0.2) is 0 Å². The Balaban J connectivity index is 4.04. The zero-order chi connectivity index (χ0) is 13.4. The summed E-state index contributed by atoms with van der Waals surface area (Å²) in [4.78, 5) is 22.0. The van der Waals surface area contributed by atoms with Crippen LogP contribution in [0.25, 0.3) is 0 Å². The number of nitrogens with one attached hydrogen (secondary N) is 1. The minimum Gasteiger partial charge on any atom is -0.481 e. The molecule has 0 heterocycles. The van der Waals surface area contributed by atoms with Crippen molar-refractivity contribution >= 4 is 22.7 Å². The molecule has 0 radical (unpaired) electrons. The van der Waals surface area contributed by atoms with Crippen LogP contribution < -0.4 is 5.32 Å². The third-order valence-corrected chi connectivity index (χ3v) is 3.96. The normalized spacial score (nSPS) is 14.4. The van der Waals surface area contributed by atoms with Gasteiger partial charge in [-0.05, 0) is 12.8 Å². The topological polar surface area (TPSA) is 83.5 Å². The fourth-order valence-electron chi connectivity index (χ4n) is 1.32. The van der Waals surface area contributed by atoms with Crippen molar-refractivity contribution < 1.29 is 18.9 Å². The molecule has 100 valence electrons. The predicted octanol–water partition coefficient (Wildman–Crippen LogP) is 0.761. The molecule has 0 rings (SSSR count). The lowest BCUT2D eigenvalue weighted by Crippen LogP contribution is -2.37. The molecule has 0 bridgehead atoms. The van der Waals surface area contributed by atoms with Gasteiger partial charge in [-0.1, -0.05) is 20.8 Å². The quantitative estimate of drug-likeness (QED) is 0.677. The van der Waals surface area contributed by atoms with Gasteiger partial charge >= 0.3 is 5.97 Å². The first kappa shape index (κ1) is 16.1. The number of amides is 1. The van der Waals surface area contributed by atoms with Gasteiger partial charge in [0.05, 0.1) is 5.92 Å². The predicted molar refractivity (Wildman–Crippen MR) is 67.2 cm³/mol. The van der Waals surface area contributed by atoms with Gasteiger partial charge in [0.2, 0.25) is 5.91 Å². The summed E-state index contributed by atoms with van der Waals surface area (Å²) >= 11 is 0. The summed E-state index contributed by atoms with van der Waals surface area (Å²) in [5.74, 6) is -2.04. The highest BCUT2D eigenvalue weighted by atomic mass is 32.2. The number of carboxylic acid groups (broad SMARTS) is 1. The summed E-state index contributed by atoms with van der Waals surface area (Å²) in [6, 6.07) is 0.108. The summed E-state index contributed by atoms with van der Waals surface area (Å²) in [6.45, 7) is 5.43. The molecule has 6 heteroatoms. The third-order valence-electron chi connectivity index (χ3n) is 2.50. The number of aliphatic carboxylic acids is 1. The van der Waals surface area contributed by atoms with Gasteiger partial charge in [0.25, 0.3) is 0 Å². The molecule has 0 fully saturated rings. The molecule has 0 aromatic carbocycles. The molecule has 2 N–H and O–H groups in total. The van der Waals surface area contributed by atoms with Crippen molar-refractivity contribution in [3.05, 3.63) is 0 Å². The molecule has 1 amide bonds. The number of hydrogen-bond acceptors (Lipinski definition) is 3. The first-order valence-corrected chi connectivity index (χ1v) is 7.26. The molecular formula is C11H21NO4S. The Labute approximate surface area is 104 Å². The Bertz CT molecular complexity index is 289. The maximum absolute atomic E-state index is 11.5. The van der Waals surface area contributed by atoms with Crippen molar-refractivity contribution in [2.45, 2.75) is 39.7 Å². The molecule has 0 aliphatic heterocycles. The van der Waals surface area contributed by atoms with Gasteiger partial charge in [-0.15, -0.1) is 0 Å². The van der Waals surface area contributed by atoms with Crippen LogP contribution in [-0.4, -0.2) is 38.7 Å². The van der Waals surface area contributed by atoms with E-state index in [2.05, 4.69) is 5.32 Å². The van der Waals surface area contributed by atoms with E-state index < -0.39 is 22.7 Å². The SMILES string of the molecule is CCC(CC)NC(=O)CS(=O)CC(C)C(=O)O. The van der Waals surface area contributed by atoms with E-state index >= 15 is 0 Å². The van der Waals surface area contributed by atoms with Crippen molar-refractivity contribution in [3.8, 4) is 0 Å². The van der Waals surface area contributed by atoms with E-state index in [1.807, 2.05) is 13.8 Å². The smallest absolute Gasteiger partial charge is 0.307 e. The first-order chi connectivity index (χ1) is 7.90. The molecule has 0 saturated heterocycles. The minimum atomic E-state index is -1.41. The molecule has 0 aliphatic carbocycles. The van der Waals surface area contributed by atoms with E-state index in [1.165, 1.54) is 6.92 Å². The van der Waals surface area contributed by atoms with E-state index in [4.69, 9.17) is 5.11 Å². The minimum absolute atomic E-state index is 0.0195. The summed E-state index contributed by atoms with van der Waals surface area (Å²) < 4.78 is 11.5. The molecular weight excluding hydrogens is 242 g/mol. The summed E-state index contributed by atoms with van der Waals surface area (Å²) in [6.07, 6.45) is 1.67. The average Bonchev–Trinajstić information content (AvgIpc) is 2.25. The van der Waals surface area contributed by atoms with Crippen molar-refractivity contribution in [2.75, 3.05) is 11.5 Å². The fraction of sp³-hybridized carbons (Fsp3) is 0.818. The van der Waals surface area contributed by atoms with Gasteiger partial charge in [-0.3, -0.25) is 13.8 Å². The van der Waals surface area contributed by atoms with Crippen molar-refractivity contribution in [1.29, 1.82) is 0 Å². The molecule has 2 unspecified atom stereocenters. The second kappa shape index (κ2) is 8.22. The van der Waals surface area contributed by atoms with Gasteiger partial charge < -0.3 is 10.4 Å². The molecule has 0 aromatic rings. The van der Waals surface area contributed by atoms with Crippen LogP contribution >= 0.6 is 0 Å².